The van der Waals surface area contributed by atoms with E-state index in [1.54, 1.807) is 0 Å². The molecule has 1 fully saturated rings. The van der Waals surface area contributed by atoms with Crippen LogP contribution in [0.3, 0.4) is 0 Å². The Kier molecular flexibility index (Phi) is 3.36. The van der Waals surface area contributed by atoms with Crippen LogP contribution in [0.15, 0.2) is 24.3 Å². The van der Waals surface area contributed by atoms with Gasteiger partial charge in [0.15, 0.2) is 0 Å². The molecular weight excluding hydrogens is 297 g/mol. The number of halogens is 1. The molecule has 82 valence electrons. The molecule has 0 saturated carbocycles. The maximum Gasteiger partial charge on any atom is 0.0233 e. The third-order valence-electron chi connectivity index (χ3n) is 3.08. The van der Waals surface area contributed by atoms with Crippen molar-refractivity contribution in [3.63, 3.8) is 0 Å². The molecule has 0 N–H and O–H groups in total. The van der Waals surface area contributed by atoms with Crippen molar-refractivity contribution in [3.05, 3.63) is 33.4 Å². The molecule has 0 unspecified atom stereocenters. The Balaban J connectivity index is 1.96. The first-order valence-electron chi connectivity index (χ1n) is 5.52. The van der Waals surface area contributed by atoms with E-state index in [1.807, 2.05) is 0 Å². The zero-order valence-corrected chi connectivity index (χ0v) is 11.6. The van der Waals surface area contributed by atoms with Crippen molar-refractivity contribution in [2.45, 2.75) is 26.8 Å². The third-order valence-corrected chi connectivity index (χ3v) is 3.80. The predicted molar refractivity (Wildman–Crippen MR) is 72.8 cm³/mol. The fourth-order valence-corrected chi connectivity index (χ4v) is 2.57. The number of rotatable bonds is 2. The van der Waals surface area contributed by atoms with E-state index in [0.717, 1.165) is 6.54 Å². The molecular formula is C13H18IN. The van der Waals surface area contributed by atoms with Crippen molar-refractivity contribution in [2.75, 3.05) is 13.1 Å². The van der Waals surface area contributed by atoms with Gasteiger partial charge in [0.1, 0.15) is 0 Å². The van der Waals surface area contributed by atoms with Crippen molar-refractivity contribution in [1.82, 2.24) is 4.90 Å². The van der Waals surface area contributed by atoms with Gasteiger partial charge >= 0.3 is 0 Å². The van der Waals surface area contributed by atoms with Gasteiger partial charge in [0.2, 0.25) is 0 Å². The fraction of sp³-hybridized carbons (Fsp3) is 0.538. The zero-order valence-electron chi connectivity index (χ0n) is 9.46. The van der Waals surface area contributed by atoms with Crippen LogP contribution in [0.1, 0.15) is 25.8 Å². The summed E-state index contributed by atoms with van der Waals surface area (Å²) in [5, 5.41) is 0. The predicted octanol–water partition coefficient (Wildman–Crippen LogP) is 3.52. The minimum Gasteiger partial charge on any atom is -0.299 e. The first-order valence-corrected chi connectivity index (χ1v) is 6.60. The molecule has 1 aliphatic heterocycles. The van der Waals surface area contributed by atoms with Gasteiger partial charge in [-0.15, -0.1) is 0 Å². The SMILES string of the molecule is CC1(C)CCN(Cc2ccc(I)cc2)C1. The van der Waals surface area contributed by atoms with E-state index in [1.165, 1.54) is 28.6 Å². The van der Waals surface area contributed by atoms with Gasteiger partial charge < -0.3 is 0 Å². The van der Waals surface area contributed by atoms with Crippen molar-refractivity contribution in [1.29, 1.82) is 0 Å². The van der Waals surface area contributed by atoms with Crippen LogP contribution in [0.5, 0.6) is 0 Å². The molecule has 1 nitrogen and oxygen atoms in total. The van der Waals surface area contributed by atoms with Gasteiger partial charge in [-0.2, -0.15) is 0 Å². The minimum atomic E-state index is 0.517. The number of nitrogens with zero attached hydrogens (tertiary/aromatic N) is 1. The minimum absolute atomic E-state index is 0.517. The number of hydrogen-bond acceptors (Lipinski definition) is 1. The molecule has 0 aliphatic carbocycles. The highest BCUT2D eigenvalue weighted by Crippen LogP contribution is 2.29. The summed E-state index contributed by atoms with van der Waals surface area (Å²) in [7, 11) is 0. The molecule has 0 bridgehead atoms. The number of benzene rings is 1. The largest absolute Gasteiger partial charge is 0.299 e. The van der Waals surface area contributed by atoms with Crippen molar-refractivity contribution < 1.29 is 0 Å². The first kappa shape index (κ1) is 11.4. The Morgan fingerprint density at radius 2 is 1.93 bits per heavy atom. The van der Waals surface area contributed by atoms with E-state index in [4.69, 9.17) is 0 Å². The summed E-state index contributed by atoms with van der Waals surface area (Å²) < 4.78 is 1.32. The Morgan fingerprint density at radius 3 is 2.47 bits per heavy atom. The van der Waals surface area contributed by atoms with E-state index in [-0.39, 0.29) is 0 Å². The van der Waals surface area contributed by atoms with Crippen LogP contribution in [0.4, 0.5) is 0 Å². The van der Waals surface area contributed by atoms with E-state index >= 15 is 0 Å². The Labute approximate surface area is 106 Å². The molecule has 1 aromatic carbocycles. The monoisotopic (exact) mass is 315 g/mol. The van der Waals surface area contributed by atoms with E-state index in [2.05, 4.69) is 65.6 Å². The van der Waals surface area contributed by atoms with Gasteiger partial charge in [-0.05, 0) is 58.7 Å². The molecule has 0 spiro atoms. The van der Waals surface area contributed by atoms with Crippen LogP contribution in [-0.2, 0) is 6.54 Å². The van der Waals surface area contributed by atoms with Gasteiger partial charge in [0, 0.05) is 16.7 Å². The second-order valence-corrected chi connectivity index (χ2v) is 6.50. The van der Waals surface area contributed by atoms with Crippen LogP contribution in [0.25, 0.3) is 0 Å². The first-order chi connectivity index (χ1) is 7.05. The van der Waals surface area contributed by atoms with Gasteiger partial charge in [-0.1, -0.05) is 26.0 Å². The summed E-state index contributed by atoms with van der Waals surface area (Å²) in [6.07, 6.45) is 1.33. The smallest absolute Gasteiger partial charge is 0.0233 e. The standard InChI is InChI=1S/C13H18IN/c1-13(2)7-8-15(10-13)9-11-3-5-12(14)6-4-11/h3-6H,7-10H2,1-2H3. The van der Waals surface area contributed by atoms with Crippen molar-refractivity contribution >= 4 is 22.6 Å². The molecule has 0 atom stereocenters. The van der Waals surface area contributed by atoms with Crippen LogP contribution in [0, 0.1) is 8.99 Å². The second kappa shape index (κ2) is 4.42. The van der Waals surface area contributed by atoms with Gasteiger partial charge in [-0.25, -0.2) is 0 Å². The molecule has 0 aromatic heterocycles. The summed E-state index contributed by atoms with van der Waals surface area (Å²) in [5.74, 6) is 0. The molecule has 15 heavy (non-hydrogen) atoms. The van der Waals surface area contributed by atoms with E-state index < -0.39 is 0 Å². The van der Waals surface area contributed by atoms with Gasteiger partial charge in [0.05, 0.1) is 0 Å². The van der Waals surface area contributed by atoms with Crippen molar-refractivity contribution in [2.24, 2.45) is 5.41 Å². The Bertz CT molecular complexity index is 329. The highest BCUT2D eigenvalue weighted by atomic mass is 127. The lowest BCUT2D eigenvalue weighted by Gasteiger charge is -2.19. The number of hydrogen-bond donors (Lipinski definition) is 0. The molecule has 0 amide bonds. The molecule has 0 radical (unpaired) electrons. The Morgan fingerprint density at radius 1 is 1.27 bits per heavy atom. The van der Waals surface area contributed by atoms with Gasteiger partial charge in [0.25, 0.3) is 0 Å². The Hall–Kier alpha value is -0.0900. The fourth-order valence-electron chi connectivity index (χ4n) is 2.21. The molecule has 1 aromatic rings. The topological polar surface area (TPSA) is 3.24 Å². The van der Waals surface area contributed by atoms with E-state index in [0.29, 0.717) is 5.41 Å². The molecule has 1 heterocycles. The summed E-state index contributed by atoms with van der Waals surface area (Å²) in [4.78, 5) is 2.56. The van der Waals surface area contributed by atoms with Crippen molar-refractivity contribution in [3.8, 4) is 0 Å². The highest BCUT2D eigenvalue weighted by Gasteiger charge is 2.28. The molecule has 1 saturated heterocycles. The summed E-state index contributed by atoms with van der Waals surface area (Å²) in [5.41, 5.74) is 1.96. The quantitative estimate of drug-likeness (QED) is 0.755. The summed E-state index contributed by atoms with van der Waals surface area (Å²) >= 11 is 2.35. The maximum atomic E-state index is 2.56. The van der Waals surface area contributed by atoms with Crippen LogP contribution in [-0.4, -0.2) is 18.0 Å². The van der Waals surface area contributed by atoms with Crippen LogP contribution >= 0.6 is 22.6 Å². The third kappa shape index (κ3) is 3.18. The lowest BCUT2D eigenvalue weighted by atomic mass is 9.93. The molecule has 2 rings (SSSR count). The molecule has 2 heteroatoms. The van der Waals surface area contributed by atoms with Crippen LogP contribution in [0.2, 0.25) is 0 Å². The maximum absolute atomic E-state index is 2.56. The summed E-state index contributed by atoms with van der Waals surface area (Å²) in [6.45, 7) is 8.32. The van der Waals surface area contributed by atoms with Crippen LogP contribution < -0.4 is 0 Å². The van der Waals surface area contributed by atoms with Gasteiger partial charge in [-0.3, -0.25) is 4.90 Å². The normalized spacial score (nSPS) is 20.7. The average molecular weight is 315 g/mol. The zero-order chi connectivity index (χ0) is 10.9. The summed E-state index contributed by atoms with van der Waals surface area (Å²) in [6, 6.07) is 8.87. The van der Waals surface area contributed by atoms with E-state index in [9.17, 15) is 0 Å². The second-order valence-electron chi connectivity index (χ2n) is 5.25. The lowest BCUT2D eigenvalue weighted by Crippen LogP contribution is -2.22. The molecule has 1 aliphatic rings. The highest BCUT2D eigenvalue weighted by molar-refractivity contribution is 14.1. The number of likely N-dealkylation sites (tertiary alicyclic amines) is 1. The lowest BCUT2D eigenvalue weighted by molar-refractivity contribution is 0.284. The average Bonchev–Trinajstić information content (AvgIpc) is 2.50.